The number of rotatable bonds is 4. The van der Waals surface area contributed by atoms with Crippen molar-refractivity contribution in [2.75, 3.05) is 0 Å². The molecule has 0 bridgehead atoms. The van der Waals surface area contributed by atoms with Crippen molar-refractivity contribution in [3.8, 4) is 5.75 Å². The summed E-state index contributed by atoms with van der Waals surface area (Å²) in [4.78, 5) is 0. The Balaban J connectivity index is 2.16. The summed E-state index contributed by atoms with van der Waals surface area (Å²) in [5, 5.41) is 11.4. The molecule has 0 aliphatic carbocycles. The third-order valence-electron chi connectivity index (χ3n) is 2.66. The van der Waals surface area contributed by atoms with Crippen LogP contribution < -0.4 is 10.5 Å². The highest BCUT2D eigenvalue weighted by Crippen LogP contribution is 2.22. The Kier molecular flexibility index (Phi) is 4.74. The summed E-state index contributed by atoms with van der Waals surface area (Å²) in [5.41, 5.74) is 6.12. The van der Waals surface area contributed by atoms with E-state index < -0.39 is 11.6 Å². The molecule has 0 heterocycles. The number of nitrogens with zero attached hydrogens (tertiary/aromatic N) is 1. The molecule has 0 aliphatic rings. The lowest BCUT2D eigenvalue weighted by Crippen LogP contribution is -2.14. The van der Waals surface area contributed by atoms with E-state index in [1.54, 1.807) is 6.07 Å². The van der Waals surface area contributed by atoms with Crippen molar-refractivity contribution in [3.05, 3.63) is 63.6 Å². The normalized spacial score (nSPS) is 11.5. The number of benzene rings is 2. The lowest BCUT2D eigenvalue weighted by Gasteiger charge is -2.08. The van der Waals surface area contributed by atoms with E-state index in [0.29, 0.717) is 15.8 Å². The standard InChI is InChI=1S/C14H11BrF2N2O2/c15-12-2-1-11(6-13(12)17)21-7-8-3-9(14(18)19-20)5-10(16)4-8/h1-6,20H,7H2,(H2,18,19). The lowest BCUT2D eigenvalue weighted by molar-refractivity contribution is 0.303. The first-order valence-corrected chi connectivity index (χ1v) is 6.64. The van der Waals surface area contributed by atoms with Crippen molar-refractivity contribution in [1.82, 2.24) is 0 Å². The van der Waals surface area contributed by atoms with Crippen LogP contribution >= 0.6 is 15.9 Å². The molecule has 0 amide bonds. The van der Waals surface area contributed by atoms with Crippen LogP contribution in [0, 0.1) is 11.6 Å². The fourth-order valence-electron chi connectivity index (χ4n) is 1.67. The maximum Gasteiger partial charge on any atom is 0.170 e. The van der Waals surface area contributed by atoms with Crippen LogP contribution in [-0.4, -0.2) is 11.0 Å². The SMILES string of the molecule is N/C(=N/O)c1cc(F)cc(COc2ccc(Br)c(F)c2)c1. The van der Waals surface area contributed by atoms with E-state index in [4.69, 9.17) is 15.7 Å². The van der Waals surface area contributed by atoms with Crippen molar-refractivity contribution in [1.29, 1.82) is 0 Å². The Labute approximate surface area is 128 Å². The number of hydrogen-bond acceptors (Lipinski definition) is 3. The van der Waals surface area contributed by atoms with Crippen LogP contribution in [0.25, 0.3) is 0 Å². The Bertz CT molecular complexity index is 693. The Morgan fingerprint density at radius 3 is 2.67 bits per heavy atom. The molecule has 21 heavy (non-hydrogen) atoms. The first-order chi connectivity index (χ1) is 9.99. The summed E-state index contributed by atoms with van der Waals surface area (Å²) in [7, 11) is 0. The largest absolute Gasteiger partial charge is 0.489 e. The first kappa shape index (κ1) is 15.2. The van der Waals surface area contributed by atoms with Crippen LogP contribution in [0.3, 0.4) is 0 Å². The molecule has 2 aromatic carbocycles. The van der Waals surface area contributed by atoms with E-state index in [1.807, 2.05) is 0 Å². The van der Waals surface area contributed by atoms with Gasteiger partial charge in [-0.05, 0) is 51.8 Å². The Morgan fingerprint density at radius 1 is 1.24 bits per heavy atom. The second kappa shape index (κ2) is 6.53. The molecule has 7 heteroatoms. The molecule has 0 radical (unpaired) electrons. The summed E-state index contributed by atoms with van der Waals surface area (Å²) < 4.78 is 32.5. The van der Waals surface area contributed by atoms with E-state index in [0.717, 1.165) is 6.07 Å². The van der Waals surface area contributed by atoms with Crippen molar-refractivity contribution in [2.24, 2.45) is 10.9 Å². The number of halogens is 3. The molecular formula is C14H11BrF2N2O2. The number of amidine groups is 1. The molecule has 4 nitrogen and oxygen atoms in total. The van der Waals surface area contributed by atoms with Gasteiger partial charge in [-0.2, -0.15) is 0 Å². The van der Waals surface area contributed by atoms with Crippen molar-refractivity contribution in [2.45, 2.75) is 6.61 Å². The molecule has 0 unspecified atom stereocenters. The first-order valence-electron chi connectivity index (χ1n) is 5.85. The zero-order chi connectivity index (χ0) is 15.4. The van der Waals surface area contributed by atoms with Gasteiger partial charge in [0.1, 0.15) is 24.0 Å². The van der Waals surface area contributed by atoms with Gasteiger partial charge in [0, 0.05) is 11.6 Å². The van der Waals surface area contributed by atoms with E-state index in [9.17, 15) is 8.78 Å². The maximum atomic E-state index is 13.5. The number of oxime groups is 1. The molecule has 0 saturated heterocycles. The van der Waals surface area contributed by atoms with Crippen molar-refractivity contribution >= 4 is 21.8 Å². The summed E-state index contributed by atoms with van der Waals surface area (Å²) in [6.45, 7) is 0.0184. The maximum absolute atomic E-state index is 13.5. The predicted molar refractivity (Wildman–Crippen MR) is 77.3 cm³/mol. The highest BCUT2D eigenvalue weighted by atomic mass is 79.9. The molecule has 3 N–H and O–H groups in total. The van der Waals surface area contributed by atoms with Crippen molar-refractivity contribution < 1.29 is 18.7 Å². The van der Waals surface area contributed by atoms with Gasteiger partial charge in [0.05, 0.1) is 4.47 Å². The second-order valence-electron chi connectivity index (χ2n) is 4.20. The predicted octanol–water partition coefficient (Wildman–Crippen LogP) is 3.40. The van der Waals surface area contributed by atoms with E-state index >= 15 is 0 Å². The molecule has 0 spiro atoms. The van der Waals surface area contributed by atoms with Gasteiger partial charge in [-0.25, -0.2) is 8.78 Å². The van der Waals surface area contributed by atoms with Gasteiger partial charge in [-0.15, -0.1) is 0 Å². The van der Waals surface area contributed by atoms with Crippen LogP contribution in [0.1, 0.15) is 11.1 Å². The van der Waals surface area contributed by atoms with Gasteiger partial charge >= 0.3 is 0 Å². The molecule has 2 rings (SSSR count). The van der Waals surface area contributed by atoms with Crippen LogP contribution in [0.5, 0.6) is 5.75 Å². The highest BCUT2D eigenvalue weighted by molar-refractivity contribution is 9.10. The molecule has 0 aromatic heterocycles. The smallest absolute Gasteiger partial charge is 0.170 e. The second-order valence-corrected chi connectivity index (χ2v) is 5.05. The number of ether oxygens (including phenoxy) is 1. The minimum Gasteiger partial charge on any atom is -0.489 e. The third-order valence-corrected chi connectivity index (χ3v) is 3.30. The van der Waals surface area contributed by atoms with Crippen LogP contribution in [0.2, 0.25) is 0 Å². The van der Waals surface area contributed by atoms with Gasteiger partial charge in [0.25, 0.3) is 0 Å². The molecule has 0 atom stereocenters. The van der Waals surface area contributed by atoms with Gasteiger partial charge in [0.15, 0.2) is 5.84 Å². The third kappa shape index (κ3) is 3.91. The molecule has 110 valence electrons. The van der Waals surface area contributed by atoms with Gasteiger partial charge < -0.3 is 15.7 Å². The monoisotopic (exact) mass is 356 g/mol. The highest BCUT2D eigenvalue weighted by Gasteiger charge is 2.07. The van der Waals surface area contributed by atoms with E-state index in [2.05, 4.69) is 21.1 Å². The molecule has 0 aliphatic heterocycles. The van der Waals surface area contributed by atoms with Gasteiger partial charge in [-0.1, -0.05) is 5.16 Å². The van der Waals surface area contributed by atoms with Crippen LogP contribution in [-0.2, 0) is 6.61 Å². The fourth-order valence-corrected chi connectivity index (χ4v) is 1.92. The average molecular weight is 357 g/mol. The summed E-state index contributed by atoms with van der Waals surface area (Å²) in [6.07, 6.45) is 0. The summed E-state index contributed by atoms with van der Waals surface area (Å²) >= 11 is 3.04. The topological polar surface area (TPSA) is 67.8 Å². The van der Waals surface area contributed by atoms with Crippen molar-refractivity contribution in [3.63, 3.8) is 0 Å². The van der Waals surface area contributed by atoms with E-state index in [-0.39, 0.29) is 18.0 Å². The minimum absolute atomic E-state index is 0.0184. The molecular weight excluding hydrogens is 346 g/mol. The molecule has 0 saturated carbocycles. The average Bonchev–Trinajstić information content (AvgIpc) is 2.47. The molecule has 0 fully saturated rings. The van der Waals surface area contributed by atoms with Gasteiger partial charge in [0.2, 0.25) is 0 Å². The molecule has 2 aromatic rings. The summed E-state index contributed by atoms with van der Waals surface area (Å²) in [5.74, 6) is -0.889. The quantitative estimate of drug-likeness (QED) is 0.381. The Hall–Kier alpha value is -2.15. The zero-order valence-electron chi connectivity index (χ0n) is 10.7. The zero-order valence-corrected chi connectivity index (χ0v) is 12.3. The lowest BCUT2D eigenvalue weighted by atomic mass is 10.1. The van der Waals surface area contributed by atoms with Crippen LogP contribution in [0.15, 0.2) is 46.0 Å². The number of nitrogens with two attached hydrogens (primary N) is 1. The van der Waals surface area contributed by atoms with E-state index in [1.165, 1.54) is 24.3 Å². The van der Waals surface area contributed by atoms with Crippen LogP contribution in [0.4, 0.5) is 8.78 Å². The van der Waals surface area contributed by atoms with Gasteiger partial charge in [-0.3, -0.25) is 0 Å². The fraction of sp³-hybridized carbons (Fsp3) is 0.0714. The number of hydrogen-bond donors (Lipinski definition) is 2. The summed E-state index contributed by atoms with van der Waals surface area (Å²) in [6, 6.07) is 8.22. The Morgan fingerprint density at radius 2 is 2.00 bits per heavy atom. The minimum atomic E-state index is -0.542.